The Kier molecular flexibility index (Phi) is 4.46. The molecule has 0 saturated heterocycles. The Morgan fingerprint density at radius 2 is 2.10 bits per heavy atom. The van der Waals surface area contributed by atoms with E-state index < -0.39 is 0 Å². The monoisotopic (exact) mass is 444 g/mol. The van der Waals surface area contributed by atoms with Gasteiger partial charge in [0.1, 0.15) is 5.82 Å². The maximum atomic E-state index is 4.58. The Bertz CT molecular complexity index is 584. The molecule has 2 heterocycles. The largest absolute Gasteiger partial charge is 0.498 e. The summed E-state index contributed by atoms with van der Waals surface area (Å²) in [6.07, 6.45) is 1.91. The van der Waals surface area contributed by atoms with Gasteiger partial charge in [0.25, 0.3) is 0 Å². The molecular formula is C16H17IrN3-2. The van der Waals surface area contributed by atoms with Crippen molar-refractivity contribution in [3.63, 3.8) is 0 Å². The number of benzene rings is 1. The summed E-state index contributed by atoms with van der Waals surface area (Å²) in [5.74, 6) is 0.974. The van der Waals surface area contributed by atoms with E-state index in [-0.39, 0.29) is 20.1 Å². The minimum Gasteiger partial charge on any atom is -0.498 e. The number of pyridine rings is 1. The third kappa shape index (κ3) is 2.58. The molecule has 3 nitrogen and oxygen atoms in total. The molecule has 1 aromatic carbocycles. The zero-order chi connectivity index (χ0) is 13.4. The van der Waals surface area contributed by atoms with Crippen molar-refractivity contribution in [3.8, 4) is 0 Å². The predicted octanol–water partition coefficient (Wildman–Crippen LogP) is 3.67. The minimum absolute atomic E-state index is 0. The first-order chi connectivity index (χ1) is 9.16. The second kappa shape index (κ2) is 5.94. The van der Waals surface area contributed by atoms with E-state index in [2.05, 4.69) is 54.4 Å². The van der Waals surface area contributed by atoms with Gasteiger partial charge in [-0.1, -0.05) is 0 Å². The summed E-state index contributed by atoms with van der Waals surface area (Å²) in [4.78, 5) is 8.92. The van der Waals surface area contributed by atoms with Gasteiger partial charge >= 0.3 is 0 Å². The van der Waals surface area contributed by atoms with Crippen LogP contribution in [0.15, 0.2) is 36.5 Å². The van der Waals surface area contributed by atoms with Crippen LogP contribution in [-0.4, -0.2) is 11.0 Å². The molecule has 0 aliphatic carbocycles. The molecule has 0 saturated carbocycles. The topological polar surface area (TPSA) is 19.4 Å². The van der Waals surface area contributed by atoms with E-state index >= 15 is 0 Å². The molecule has 1 aliphatic heterocycles. The third-order valence-corrected chi connectivity index (χ3v) is 3.24. The molecule has 4 heteroatoms. The Balaban J connectivity index is 0.00000147. The standard InChI is InChI=1S/C16H17N3.Ir/c1-12(2)18-11-19(14-7-5-4-6-8-14)16-15(18)9-13(3)10-17-16;/h4-7,9-12H,1-3H3;/q-2;. The van der Waals surface area contributed by atoms with Gasteiger partial charge in [-0.15, -0.1) is 12.4 Å². The quantitative estimate of drug-likeness (QED) is 0.661. The molecule has 0 spiro atoms. The predicted molar refractivity (Wildman–Crippen MR) is 78.3 cm³/mol. The summed E-state index contributed by atoms with van der Waals surface area (Å²) in [6.45, 7) is 8.54. The smallest absolute Gasteiger partial charge is 0.124 e. The Labute approximate surface area is 134 Å². The van der Waals surface area contributed by atoms with Gasteiger partial charge < -0.3 is 9.80 Å². The molecule has 0 bridgehead atoms. The van der Waals surface area contributed by atoms with Crippen molar-refractivity contribution in [2.24, 2.45) is 0 Å². The molecule has 0 amide bonds. The summed E-state index contributed by atoms with van der Waals surface area (Å²) in [6, 6.07) is 13.8. The maximum absolute atomic E-state index is 4.58. The molecule has 0 fully saturated rings. The summed E-state index contributed by atoms with van der Waals surface area (Å²) < 4.78 is 0. The summed E-state index contributed by atoms with van der Waals surface area (Å²) in [7, 11) is 0. The van der Waals surface area contributed by atoms with Crippen molar-refractivity contribution < 1.29 is 20.1 Å². The molecule has 0 N–H and O–H groups in total. The van der Waals surface area contributed by atoms with Crippen LogP contribution >= 0.6 is 0 Å². The number of nitrogens with zero attached hydrogens (tertiary/aromatic N) is 3. The van der Waals surface area contributed by atoms with Gasteiger partial charge in [-0.05, 0) is 38.4 Å². The normalized spacial score (nSPS) is 13.4. The van der Waals surface area contributed by atoms with Crippen molar-refractivity contribution in [1.29, 1.82) is 0 Å². The summed E-state index contributed by atoms with van der Waals surface area (Å²) >= 11 is 0. The number of hydrogen-bond acceptors (Lipinski definition) is 3. The first-order valence-electron chi connectivity index (χ1n) is 6.53. The average molecular weight is 444 g/mol. The molecule has 2 aromatic rings. The maximum Gasteiger partial charge on any atom is 0.124 e. The number of rotatable bonds is 2. The van der Waals surface area contributed by atoms with E-state index in [1.807, 2.05) is 30.5 Å². The molecule has 1 aliphatic rings. The number of fused-ring (bicyclic) bond motifs is 1. The van der Waals surface area contributed by atoms with Crippen molar-refractivity contribution in [3.05, 3.63) is 54.8 Å². The summed E-state index contributed by atoms with van der Waals surface area (Å²) in [5.41, 5.74) is 3.35. The number of anilines is 3. The second-order valence-corrected chi connectivity index (χ2v) is 5.09. The van der Waals surface area contributed by atoms with E-state index in [0.29, 0.717) is 6.04 Å². The van der Waals surface area contributed by atoms with Crippen LogP contribution in [0.3, 0.4) is 0 Å². The van der Waals surface area contributed by atoms with Gasteiger partial charge in [-0.3, -0.25) is 0 Å². The van der Waals surface area contributed by atoms with Gasteiger partial charge in [-0.25, -0.2) is 4.98 Å². The number of aromatic nitrogens is 1. The van der Waals surface area contributed by atoms with Crippen LogP contribution in [0.25, 0.3) is 0 Å². The van der Waals surface area contributed by atoms with Crippen molar-refractivity contribution in [2.45, 2.75) is 26.8 Å². The van der Waals surface area contributed by atoms with Gasteiger partial charge in [0.2, 0.25) is 0 Å². The second-order valence-electron chi connectivity index (χ2n) is 5.09. The van der Waals surface area contributed by atoms with Crippen LogP contribution in [-0.2, 0) is 20.1 Å². The van der Waals surface area contributed by atoms with E-state index in [1.54, 1.807) is 0 Å². The van der Waals surface area contributed by atoms with Gasteiger partial charge in [0, 0.05) is 26.3 Å². The molecular weight excluding hydrogens is 426 g/mol. The molecule has 0 unspecified atom stereocenters. The molecule has 1 aromatic heterocycles. The van der Waals surface area contributed by atoms with Crippen LogP contribution in [0, 0.1) is 19.7 Å². The van der Waals surface area contributed by atoms with Crippen molar-refractivity contribution in [2.75, 3.05) is 9.80 Å². The zero-order valence-electron chi connectivity index (χ0n) is 11.8. The molecule has 3 rings (SSSR count). The fourth-order valence-corrected chi connectivity index (χ4v) is 2.28. The zero-order valence-corrected chi connectivity index (χ0v) is 14.2. The molecule has 20 heavy (non-hydrogen) atoms. The summed E-state index contributed by atoms with van der Waals surface area (Å²) in [5, 5.41) is 0. The van der Waals surface area contributed by atoms with Crippen LogP contribution in [0.5, 0.6) is 0 Å². The fraction of sp³-hybridized carbons (Fsp3) is 0.250. The van der Waals surface area contributed by atoms with Crippen LogP contribution in [0.4, 0.5) is 17.2 Å². The van der Waals surface area contributed by atoms with E-state index in [9.17, 15) is 0 Å². The number of para-hydroxylation sites is 1. The van der Waals surface area contributed by atoms with E-state index in [0.717, 1.165) is 17.2 Å². The molecule has 107 valence electrons. The van der Waals surface area contributed by atoms with Crippen LogP contribution < -0.4 is 9.80 Å². The first kappa shape index (κ1) is 15.0. The van der Waals surface area contributed by atoms with Gasteiger partial charge in [0.15, 0.2) is 0 Å². The average Bonchev–Trinajstić information content (AvgIpc) is 2.78. The third-order valence-electron chi connectivity index (χ3n) is 3.24. The molecule has 0 atom stereocenters. The van der Waals surface area contributed by atoms with E-state index in [4.69, 9.17) is 0 Å². The first-order valence-corrected chi connectivity index (χ1v) is 6.53. The van der Waals surface area contributed by atoms with Gasteiger partial charge in [-0.2, -0.15) is 30.3 Å². The Morgan fingerprint density at radius 1 is 1.30 bits per heavy atom. The molecule has 1 radical (unpaired) electrons. The number of hydrogen-bond donors (Lipinski definition) is 0. The van der Waals surface area contributed by atoms with Gasteiger partial charge in [0.05, 0.1) is 5.69 Å². The van der Waals surface area contributed by atoms with Crippen LogP contribution in [0.1, 0.15) is 19.4 Å². The Morgan fingerprint density at radius 3 is 2.75 bits per heavy atom. The van der Waals surface area contributed by atoms with E-state index in [1.165, 1.54) is 5.56 Å². The minimum atomic E-state index is 0. The number of aryl methyl sites for hydroxylation is 1. The Hall–Kier alpha value is -1.38. The van der Waals surface area contributed by atoms with Crippen molar-refractivity contribution in [1.82, 2.24) is 4.98 Å². The fourth-order valence-electron chi connectivity index (χ4n) is 2.28. The SMILES string of the molecule is Cc1cnc2c(c1)N(C(C)C)[CH-]N2c1[c-]cccc1.[Ir]. The van der Waals surface area contributed by atoms with Crippen molar-refractivity contribution >= 4 is 17.2 Å². The van der Waals surface area contributed by atoms with Crippen LogP contribution in [0.2, 0.25) is 0 Å².